The third-order valence-electron chi connectivity index (χ3n) is 6.31. The van der Waals surface area contributed by atoms with Crippen LogP contribution in [0, 0.1) is 0 Å². The van der Waals surface area contributed by atoms with E-state index in [4.69, 9.17) is 0 Å². The third kappa shape index (κ3) is 4.24. The summed E-state index contributed by atoms with van der Waals surface area (Å²) in [6, 6.07) is 7.14. The van der Waals surface area contributed by atoms with E-state index in [2.05, 4.69) is 20.7 Å². The molecule has 3 amide bonds. The lowest BCUT2D eigenvalue weighted by Crippen LogP contribution is -2.65. The number of pyridine rings is 1. The van der Waals surface area contributed by atoms with Crippen LogP contribution in [0.4, 0.5) is 0 Å². The van der Waals surface area contributed by atoms with Crippen molar-refractivity contribution in [1.82, 2.24) is 30.3 Å². The summed E-state index contributed by atoms with van der Waals surface area (Å²) in [6.07, 6.45) is 6.55. The van der Waals surface area contributed by atoms with E-state index >= 15 is 0 Å². The van der Waals surface area contributed by atoms with Gasteiger partial charge in [-0.25, -0.2) is 0 Å². The van der Waals surface area contributed by atoms with Gasteiger partial charge < -0.3 is 15.5 Å². The number of hydrogen-bond acceptors (Lipinski definition) is 5. The summed E-state index contributed by atoms with van der Waals surface area (Å²) in [5.41, 5.74) is 0.149. The average Bonchev–Trinajstić information content (AvgIpc) is 3.45. The van der Waals surface area contributed by atoms with Crippen molar-refractivity contribution < 1.29 is 14.4 Å². The summed E-state index contributed by atoms with van der Waals surface area (Å²) in [7, 11) is 0. The second-order valence-electron chi connectivity index (χ2n) is 8.76. The van der Waals surface area contributed by atoms with Gasteiger partial charge in [0.25, 0.3) is 11.8 Å². The van der Waals surface area contributed by atoms with E-state index < -0.39 is 5.54 Å². The Morgan fingerprint density at radius 3 is 2.72 bits per heavy atom. The molecule has 2 aromatic rings. The minimum Gasteiger partial charge on any atom is -0.351 e. The van der Waals surface area contributed by atoms with E-state index in [-0.39, 0.29) is 42.5 Å². The van der Waals surface area contributed by atoms with Gasteiger partial charge in [-0.1, -0.05) is 25.8 Å². The smallest absolute Gasteiger partial charge is 0.273 e. The molecule has 9 heteroatoms. The first-order valence-corrected chi connectivity index (χ1v) is 11.3. The van der Waals surface area contributed by atoms with Crippen LogP contribution in [0.3, 0.4) is 0 Å². The molecule has 1 unspecified atom stereocenters. The van der Waals surface area contributed by atoms with E-state index in [1.54, 1.807) is 18.0 Å². The van der Waals surface area contributed by atoms with Crippen molar-refractivity contribution in [1.29, 1.82) is 0 Å². The first-order chi connectivity index (χ1) is 15.4. The summed E-state index contributed by atoms with van der Waals surface area (Å²) in [5, 5.41) is 10.3. The van der Waals surface area contributed by atoms with Crippen molar-refractivity contribution in [3.63, 3.8) is 0 Å². The van der Waals surface area contributed by atoms with Crippen molar-refractivity contribution in [3.05, 3.63) is 47.5 Å². The second-order valence-corrected chi connectivity index (χ2v) is 8.76. The van der Waals surface area contributed by atoms with E-state index in [0.717, 1.165) is 37.8 Å². The fourth-order valence-electron chi connectivity index (χ4n) is 4.50. The van der Waals surface area contributed by atoms with Gasteiger partial charge in [-0.2, -0.15) is 5.10 Å². The van der Waals surface area contributed by atoms with Gasteiger partial charge in [0.1, 0.15) is 11.2 Å². The Hall–Kier alpha value is -3.23. The molecule has 0 radical (unpaired) electrons. The van der Waals surface area contributed by atoms with Crippen molar-refractivity contribution in [2.45, 2.75) is 70.6 Å². The van der Waals surface area contributed by atoms with Crippen molar-refractivity contribution in [3.8, 4) is 0 Å². The van der Waals surface area contributed by atoms with Gasteiger partial charge in [-0.05, 0) is 38.3 Å². The Balaban J connectivity index is 1.54. The Kier molecular flexibility index (Phi) is 6.25. The van der Waals surface area contributed by atoms with Crippen LogP contribution >= 0.6 is 0 Å². The molecule has 4 rings (SSSR count). The molecular formula is C23H30N6O3. The molecular weight excluding hydrogens is 408 g/mol. The molecule has 2 aliphatic rings. The predicted molar refractivity (Wildman–Crippen MR) is 118 cm³/mol. The molecule has 0 spiro atoms. The van der Waals surface area contributed by atoms with Gasteiger partial charge in [-0.15, -0.1) is 0 Å². The van der Waals surface area contributed by atoms with Crippen LogP contribution in [-0.4, -0.2) is 55.5 Å². The maximum Gasteiger partial charge on any atom is 0.273 e. The largest absolute Gasteiger partial charge is 0.351 e. The van der Waals surface area contributed by atoms with Gasteiger partial charge >= 0.3 is 0 Å². The highest BCUT2D eigenvalue weighted by atomic mass is 16.2. The number of hydrogen-bond donors (Lipinski definition) is 2. The number of nitrogens with one attached hydrogen (secondary N) is 2. The highest BCUT2D eigenvalue weighted by Crippen LogP contribution is 2.29. The van der Waals surface area contributed by atoms with Crippen LogP contribution < -0.4 is 10.6 Å². The summed E-state index contributed by atoms with van der Waals surface area (Å²) >= 11 is 0. The van der Waals surface area contributed by atoms with E-state index in [0.29, 0.717) is 12.2 Å². The minimum atomic E-state index is -1.06. The van der Waals surface area contributed by atoms with Gasteiger partial charge in [0.15, 0.2) is 5.69 Å². The van der Waals surface area contributed by atoms with Crippen molar-refractivity contribution >= 4 is 17.7 Å². The Morgan fingerprint density at radius 2 is 2.03 bits per heavy atom. The third-order valence-corrected chi connectivity index (χ3v) is 6.31. The molecule has 2 aromatic heterocycles. The summed E-state index contributed by atoms with van der Waals surface area (Å²) in [5.74, 6) is -0.823. The maximum absolute atomic E-state index is 13.3. The molecule has 1 atom stereocenters. The van der Waals surface area contributed by atoms with Gasteiger partial charge in [0.2, 0.25) is 5.91 Å². The Morgan fingerprint density at radius 1 is 1.25 bits per heavy atom. The van der Waals surface area contributed by atoms with E-state index in [9.17, 15) is 14.4 Å². The van der Waals surface area contributed by atoms with Crippen molar-refractivity contribution in [2.75, 3.05) is 6.54 Å². The zero-order chi connectivity index (χ0) is 22.7. The highest BCUT2D eigenvalue weighted by Gasteiger charge is 2.48. The van der Waals surface area contributed by atoms with Crippen LogP contribution in [0.2, 0.25) is 0 Å². The molecule has 32 heavy (non-hydrogen) atoms. The fraction of sp³-hybridized carbons (Fsp3) is 0.522. The Labute approximate surface area is 187 Å². The molecule has 3 heterocycles. The number of carbonyl (C=O) groups is 3. The zero-order valence-electron chi connectivity index (χ0n) is 18.6. The molecule has 1 aliphatic heterocycles. The first kappa shape index (κ1) is 22.0. The number of fused-ring (bicyclic) bond motifs is 1. The number of aromatic nitrogens is 3. The van der Waals surface area contributed by atoms with Crippen LogP contribution in [0.1, 0.15) is 72.6 Å². The normalized spacial score (nSPS) is 20.8. The standard InChI is InChI=1S/C23H30N6O3/c1-3-12-28-21(31)19-13-18(20(30)25-14-17-10-6-7-11-24-17)27-29(19)15-23(28,2)22(32)26-16-8-4-5-9-16/h6-7,10-11,13,16H,3-5,8-9,12,14-15H2,1-2H3,(H,25,30)(H,26,32). The molecule has 0 aromatic carbocycles. The minimum absolute atomic E-state index is 0.154. The molecule has 170 valence electrons. The second kappa shape index (κ2) is 9.10. The number of nitrogens with zero attached hydrogens (tertiary/aromatic N) is 4. The number of amides is 3. The number of rotatable bonds is 7. The van der Waals surface area contributed by atoms with Gasteiger partial charge in [0, 0.05) is 24.8 Å². The lowest BCUT2D eigenvalue weighted by molar-refractivity contribution is -0.133. The van der Waals surface area contributed by atoms with Crippen molar-refractivity contribution in [2.24, 2.45) is 0 Å². The van der Waals surface area contributed by atoms with Crippen LogP contribution in [0.15, 0.2) is 30.5 Å². The maximum atomic E-state index is 13.3. The highest BCUT2D eigenvalue weighted by molar-refractivity contribution is 6.01. The molecule has 1 aliphatic carbocycles. The van der Waals surface area contributed by atoms with Crippen LogP contribution in [-0.2, 0) is 17.9 Å². The molecule has 9 nitrogen and oxygen atoms in total. The monoisotopic (exact) mass is 438 g/mol. The zero-order valence-corrected chi connectivity index (χ0v) is 18.6. The molecule has 1 fully saturated rings. The lowest BCUT2D eigenvalue weighted by atomic mass is 9.94. The number of carbonyl (C=O) groups excluding carboxylic acids is 3. The lowest BCUT2D eigenvalue weighted by Gasteiger charge is -2.43. The summed E-state index contributed by atoms with van der Waals surface area (Å²) in [4.78, 5) is 45.1. The fourth-order valence-corrected chi connectivity index (χ4v) is 4.50. The van der Waals surface area contributed by atoms with Gasteiger partial charge in [-0.3, -0.25) is 24.0 Å². The topological polar surface area (TPSA) is 109 Å². The molecule has 0 saturated heterocycles. The first-order valence-electron chi connectivity index (χ1n) is 11.3. The average molecular weight is 439 g/mol. The SMILES string of the molecule is CCCN1C(=O)c2cc(C(=O)NCc3ccccn3)nn2CC1(C)C(=O)NC1CCCC1. The molecule has 2 N–H and O–H groups in total. The molecule has 1 saturated carbocycles. The van der Waals surface area contributed by atoms with Crippen LogP contribution in [0.5, 0.6) is 0 Å². The summed E-state index contributed by atoms with van der Waals surface area (Å²) in [6.45, 7) is 4.69. The molecule has 0 bridgehead atoms. The Bertz CT molecular complexity index is 998. The van der Waals surface area contributed by atoms with E-state index in [1.807, 2.05) is 25.1 Å². The van der Waals surface area contributed by atoms with Gasteiger partial charge in [0.05, 0.1) is 18.8 Å². The summed E-state index contributed by atoms with van der Waals surface area (Å²) < 4.78 is 1.50. The van der Waals surface area contributed by atoms with E-state index in [1.165, 1.54) is 10.7 Å². The quantitative estimate of drug-likeness (QED) is 0.686. The van der Waals surface area contributed by atoms with Crippen LogP contribution in [0.25, 0.3) is 0 Å². The predicted octanol–water partition coefficient (Wildman–Crippen LogP) is 1.89.